The normalized spacial score (nSPS) is 11.9. The second-order valence-electron chi connectivity index (χ2n) is 4.48. The van der Waals surface area contributed by atoms with Crippen LogP contribution in [0.1, 0.15) is 30.1 Å². The van der Waals surface area contributed by atoms with Gasteiger partial charge in [0.2, 0.25) is 5.91 Å². The number of carbonyl (C=O) groups excluding carboxylic acids is 1. The van der Waals surface area contributed by atoms with Gasteiger partial charge in [-0.15, -0.1) is 0 Å². The summed E-state index contributed by atoms with van der Waals surface area (Å²) < 4.78 is 0.642. The molecule has 1 unspecified atom stereocenters. The van der Waals surface area contributed by atoms with Crippen molar-refractivity contribution in [2.45, 2.75) is 19.8 Å². The molecule has 5 nitrogen and oxygen atoms in total. The lowest BCUT2D eigenvalue weighted by Gasteiger charge is -2.13. The zero-order valence-electron chi connectivity index (χ0n) is 10.6. The van der Waals surface area contributed by atoms with Crippen molar-refractivity contribution in [2.24, 2.45) is 11.7 Å². The Hall–Kier alpha value is -1.56. The van der Waals surface area contributed by atoms with Gasteiger partial charge in [-0.25, -0.2) is 0 Å². The van der Waals surface area contributed by atoms with Crippen LogP contribution in [0.25, 0.3) is 0 Å². The number of rotatable bonds is 7. The number of aliphatic carboxylic acids is 1. The quantitative estimate of drug-likeness (QED) is 0.716. The molecule has 6 heteroatoms. The Balaban J connectivity index is 2.52. The summed E-state index contributed by atoms with van der Waals surface area (Å²) >= 11 is 3.29. The van der Waals surface area contributed by atoms with Crippen molar-refractivity contribution < 1.29 is 14.7 Å². The third-order valence-corrected chi connectivity index (χ3v) is 3.40. The van der Waals surface area contributed by atoms with Crippen LogP contribution in [0.3, 0.4) is 0 Å². The van der Waals surface area contributed by atoms with Crippen LogP contribution >= 0.6 is 15.9 Å². The zero-order chi connectivity index (χ0) is 14.4. The van der Waals surface area contributed by atoms with Gasteiger partial charge >= 0.3 is 5.97 Å². The second-order valence-corrected chi connectivity index (χ2v) is 5.33. The maximum absolute atomic E-state index is 11.1. The fraction of sp³-hybridized carbons (Fsp3) is 0.385. The summed E-state index contributed by atoms with van der Waals surface area (Å²) in [5.74, 6) is -1.00. The van der Waals surface area contributed by atoms with Crippen molar-refractivity contribution in [3.63, 3.8) is 0 Å². The Labute approximate surface area is 120 Å². The molecule has 0 aromatic heterocycles. The number of anilines is 1. The molecular formula is C13H17BrN2O3. The summed E-state index contributed by atoms with van der Waals surface area (Å²) in [6.07, 6.45) is 0.802. The molecular weight excluding hydrogens is 312 g/mol. The molecule has 0 aliphatic heterocycles. The predicted molar refractivity (Wildman–Crippen MR) is 77.2 cm³/mol. The molecule has 4 N–H and O–H groups in total. The number of carboxylic acid groups (broad SMARTS) is 1. The van der Waals surface area contributed by atoms with E-state index < -0.39 is 11.9 Å². The number of primary amides is 1. The molecule has 0 fully saturated rings. The molecule has 0 spiro atoms. The SMILES string of the molecule is CC(CCC(=O)O)CNc1ccc(C(N)=O)c(Br)c1. The Morgan fingerprint density at radius 2 is 2.16 bits per heavy atom. The van der Waals surface area contributed by atoms with E-state index in [1.807, 2.05) is 6.92 Å². The van der Waals surface area contributed by atoms with Gasteiger partial charge in [-0.2, -0.15) is 0 Å². The molecule has 0 radical (unpaired) electrons. The molecule has 0 saturated heterocycles. The van der Waals surface area contributed by atoms with E-state index in [9.17, 15) is 9.59 Å². The molecule has 0 heterocycles. The average Bonchev–Trinajstić information content (AvgIpc) is 2.33. The zero-order valence-corrected chi connectivity index (χ0v) is 12.2. The van der Waals surface area contributed by atoms with Gasteiger partial charge in [0.25, 0.3) is 0 Å². The number of nitrogens with one attached hydrogen (secondary N) is 1. The lowest BCUT2D eigenvalue weighted by Crippen LogP contribution is -2.14. The first-order valence-corrected chi connectivity index (χ1v) is 6.74. The van der Waals surface area contributed by atoms with Gasteiger partial charge in [-0.3, -0.25) is 9.59 Å². The maximum Gasteiger partial charge on any atom is 0.303 e. The molecule has 1 aromatic rings. The molecule has 1 atom stereocenters. The fourth-order valence-corrected chi connectivity index (χ4v) is 2.16. The summed E-state index contributed by atoms with van der Waals surface area (Å²) in [5, 5.41) is 11.8. The Bertz CT molecular complexity index is 477. The van der Waals surface area contributed by atoms with Gasteiger partial charge < -0.3 is 16.2 Å². The predicted octanol–water partition coefficient (Wildman–Crippen LogP) is 2.46. The molecule has 19 heavy (non-hydrogen) atoms. The minimum atomic E-state index is -0.777. The number of halogens is 1. The minimum Gasteiger partial charge on any atom is -0.481 e. The van der Waals surface area contributed by atoms with Gasteiger partial charge in [0.05, 0.1) is 5.56 Å². The number of benzene rings is 1. The highest BCUT2D eigenvalue weighted by molar-refractivity contribution is 9.10. The van der Waals surface area contributed by atoms with E-state index >= 15 is 0 Å². The third-order valence-electron chi connectivity index (χ3n) is 2.74. The van der Waals surface area contributed by atoms with Crippen molar-refractivity contribution in [2.75, 3.05) is 11.9 Å². The van der Waals surface area contributed by atoms with Gasteiger partial charge in [0.15, 0.2) is 0 Å². The Morgan fingerprint density at radius 1 is 1.47 bits per heavy atom. The summed E-state index contributed by atoms with van der Waals surface area (Å²) in [5.41, 5.74) is 6.50. The smallest absolute Gasteiger partial charge is 0.303 e. The highest BCUT2D eigenvalue weighted by Gasteiger charge is 2.08. The summed E-state index contributed by atoms with van der Waals surface area (Å²) in [6, 6.07) is 5.20. The van der Waals surface area contributed by atoms with Crippen LogP contribution in [0.5, 0.6) is 0 Å². The van der Waals surface area contributed by atoms with Crippen molar-refractivity contribution in [1.82, 2.24) is 0 Å². The Kier molecular flexibility index (Phi) is 5.82. The van der Waals surface area contributed by atoms with E-state index in [0.29, 0.717) is 23.0 Å². The summed E-state index contributed by atoms with van der Waals surface area (Å²) in [7, 11) is 0. The lowest BCUT2D eigenvalue weighted by atomic mass is 10.1. The molecule has 104 valence electrons. The van der Waals surface area contributed by atoms with Crippen LogP contribution in [-0.2, 0) is 4.79 Å². The van der Waals surface area contributed by atoms with Crippen molar-refractivity contribution in [3.05, 3.63) is 28.2 Å². The van der Waals surface area contributed by atoms with Crippen molar-refractivity contribution in [1.29, 1.82) is 0 Å². The van der Waals surface area contributed by atoms with E-state index in [4.69, 9.17) is 10.8 Å². The van der Waals surface area contributed by atoms with Crippen molar-refractivity contribution in [3.8, 4) is 0 Å². The topological polar surface area (TPSA) is 92.4 Å². The van der Waals surface area contributed by atoms with Crippen LogP contribution in [0, 0.1) is 5.92 Å². The highest BCUT2D eigenvalue weighted by atomic mass is 79.9. The Morgan fingerprint density at radius 3 is 2.68 bits per heavy atom. The first-order valence-electron chi connectivity index (χ1n) is 5.95. The van der Waals surface area contributed by atoms with Crippen LogP contribution in [0.2, 0.25) is 0 Å². The number of hydrogen-bond acceptors (Lipinski definition) is 3. The molecule has 0 bridgehead atoms. The monoisotopic (exact) mass is 328 g/mol. The number of nitrogens with two attached hydrogens (primary N) is 1. The van der Waals surface area contributed by atoms with E-state index in [1.54, 1.807) is 18.2 Å². The fourth-order valence-electron chi connectivity index (χ4n) is 1.59. The number of carboxylic acids is 1. The van der Waals surface area contributed by atoms with Gasteiger partial charge in [-0.05, 0) is 46.5 Å². The second kappa shape index (κ2) is 7.13. The highest BCUT2D eigenvalue weighted by Crippen LogP contribution is 2.21. The van der Waals surface area contributed by atoms with E-state index in [0.717, 1.165) is 5.69 Å². The van der Waals surface area contributed by atoms with Gasteiger partial charge in [-0.1, -0.05) is 6.92 Å². The van der Waals surface area contributed by atoms with Crippen LogP contribution in [0.15, 0.2) is 22.7 Å². The van der Waals surface area contributed by atoms with Crippen LogP contribution < -0.4 is 11.1 Å². The maximum atomic E-state index is 11.1. The largest absolute Gasteiger partial charge is 0.481 e. The number of carbonyl (C=O) groups is 2. The molecule has 0 aliphatic rings. The van der Waals surface area contributed by atoms with Crippen LogP contribution in [-0.4, -0.2) is 23.5 Å². The van der Waals surface area contributed by atoms with E-state index in [1.165, 1.54) is 0 Å². The summed E-state index contributed by atoms with van der Waals surface area (Å²) in [6.45, 7) is 2.67. The molecule has 0 saturated carbocycles. The first kappa shape index (κ1) is 15.5. The minimum absolute atomic E-state index is 0.174. The first-order chi connectivity index (χ1) is 8.90. The van der Waals surface area contributed by atoms with Crippen LogP contribution in [0.4, 0.5) is 5.69 Å². The average molecular weight is 329 g/mol. The third kappa shape index (κ3) is 5.30. The van der Waals surface area contributed by atoms with Crippen molar-refractivity contribution >= 4 is 33.5 Å². The van der Waals surface area contributed by atoms with Gasteiger partial charge in [0.1, 0.15) is 0 Å². The van der Waals surface area contributed by atoms with E-state index in [2.05, 4.69) is 21.2 Å². The number of hydrogen-bond donors (Lipinski definition) is 3. The molecule has 1 amide bonds. The molecule has 1 rings (SSSR count). The van der Waals surface area contributed by atoms with Gasteiger partial charge in [0, 0.05) is 23.1 Å². The molecule has 1 aromatic carbocycles. The standard InChI is InChI=1S/C13H17BrN2O3/c1-8(2-5-12(17)18)7-16-9-3-4-10(13(15)19)11(14)6-9/h3-4,6,8,16H,2,5,7H2,1H3,(H2,15,19)(H,17,18). The summed E-state index contributed by atoms with van der Waals surface area (Å²) in [4.78, 5) is 21.5. The number of amides is 1. The lowest BCUT2D eigenvalue weighted by molar-refractivity contribution is -0.137. The van der Waals surface area contributed by atoms with E-state index in [-0.39, 0.29) is 12.3 Å². The molecule has 0 aliphatic carbocycles.